The lowest BCUT2D eigenvalue weighted by atomic mass is 10.0. The molecule has 0 aromatic heterocycles. The minimum absolute atomic E-state index is 0.138. The van der Waals surface area contributed by atoms with E-state index >= 15 is 4.39 Å². The molecule has 13 N–H and O–H groups in total. The Morgan fingerprint density at radius 3 is 2.21 bits per heavy atom. The molecule has 2 aromatic carbocycles. The second-order valence-corrected chi connectivity index (χ2v) is 11.0. The van der Waals surface area contributed by atoms with Crippen LogP contribution in [-0.2, 0) is 41.9 Å². The van der Waals surface area contributed by atoms with E-state index in [1.165, 1.54) is 0 Å². The predicted octanol–water partition coefficient (Wildman–Crippen LogP) is -6.69. The zero-order valence-corrected chi connectivity index (χ0v) is 23.5. The molecule has 3 unspecified atom stereocenters. The highest BCUT2D eigenvalue weighted by molar-refractivity contribution is 6.06. The second kappa shape index (κ2) is 10.1. The molecule has 0 aliphatic carbocycles. The monoisotopic (exact) mass is 689 g/mol. The number of nitrogens with zero attached hydrogens (tertiary/aromatic N) is 2. The molecule has 4 heterocycles. The van der Waals surface area contributed by atoms with Gasteiger partial charge >= 0.3 is 29.7 Å². The van der Waals surface area contributed by atoms with Crippen molar-refractivity contribution in [2.45, 2.75) is 60.4 Å². The lowest BCUT2D eigenvalue weighted by Gasteiger charge is -2.54. The van der Waals surface area contributed by atoms with Crippen LogP contribution in [0.2, 0.25) is 0 Å². The number of aliphatic hydroxyl groups is 12. The van der Waals surface area contributed by atoms with Crippen molar-refractivity contribution >= 4 is 17.7 Å². The van der Waals surface area contributed by atoms with Gasteiger partial charge < -0.3 is 66.0 Å². The number of carbonyl (C=O) groups is 3. The molecule has 0 radical (unpaired) electrons. The molecule has 22 nitrogen and oxygen atoms in total. The summed E-state index contributed by atoms with van der Waals surface area (Å²) in [6.07, 6.45) is -0.575. The number of hydrogen-bond acceptors (Lipinski definition) is 20. The van der Waals surface area contributed by atoms with Crippen LogP contribution in [-0.4, -0.2) is 119 Å². The van der Waals surface area contributed by atoms with E-state index in [9.17, 15) is 75.7 Å². The summed E-state index contributed by atoms with van der Waals surface area (Å²) in [7, 11) is 0. The van der Waals surface area contributed by atoms with Crippen LogP contribution in [0.15, 0.2) is 36.4 Å². The third kappa shape index (κ3) is 4.48. The molecule has 3 fully saturated rings. The van der Waals surface area contributed by atoms with Gasteiger partial charge in [0.15, 0.2) is 0 Å². The fraction of sp³-hybridized carbons (Fsp3) is 0.400. The van der Waals surface area contributed by atoms with Gasteiger partial charge in [-0.1, -0.05) is 12.1 Å². The first-order valence-corrected chi connectivity index (χ1v) is 13.3. The van der Waals surface area contributed by atoms with Crippen LogP contribution < -0.4 is 10.1 Å². The number of ether oxygens (including phenoxy) is 2. The first-order valence-electron chi connectivity index (χ1n) is 13.3. The van der Waals surface area contributed by atoms with Gasteiger partial charge in [0, 0.05) is 12.0 Å². The molecule has 2 aromatic rings. The van der Waals surface area contributed by atoms with Gasteiger partial charge in [-0.25, -0.2) is 4.39 Å². The van der Waals surface area contributed by atoms with E-state index in [1.54, 1.807) is 0 Å². The summed E-state index contributed by atoms with van der Waals surface area (Å²) in [6.45, 7) is 0. The molecular formula is C25H24FN3O19. The van der Waals surface area contributed by atoms with Gasteiger partial charge in [-0.2, -0.15) is 9.78 Å². The highest BCUT2D eigenvalue weighted by Crippen LogP contribution is 2.54. The van der Waals surface area contributed by atoms with Gasteiger partial charge in [0.2, 0.25) is 11.8 Å². The lowest BCUT2D eigenvalue weighted by Crippen LogP contribution is -2.85. The molecule has 0 bridgehead atoms. The van der Waals surface area contributed by atoms with Crippen molar-refractivity contribution in [3.63, 3.8) is 0 Å². The average molecular weight is 689 g/mol. The summed E-state index contributed by atoms with van der Waals surface area (Å²) >= 11 is 0. The summed E-state index contributed by atoms with van der Waals surface area (Å²) in [5, 5.41) is 127. The molecule has 6 rings (SSSR count). The second-order valence-electron chi connectivity index (χ2n) is 11.0. The van der Waals surface area contributed by atoms with Crippen LogP contribution in [0.4, 0.5) is 4.39 Å². The molecule has 23 heteroatoms. The van der Waals surface area contributed by atoms with Crippen LogP contribution in [0.3, 0.4) is 0 Å². The normalized spacial score (nSPS) is 30.6. The van der Waals surface area contributed by atoms with Gasteiger partial charge in [-0.3, -0.25) is 29.3 Å². The van der Waals surface area contributed by atoms with Crippen molar-refractivity contribution in [1.29, 1.82) is 0 Å². The zero-order chi connectivity index (χ0) is 35.6. The van der Waals surface area contributed by atoms with Gasteiger partial charge in [0.25, 0.3) is 17.7 Å². The Hall–Kier alpha value is -3.86. The Kier molecular flexibility index (Phi) is 7.15. The largest absolute Gasteiger partial charge is 0.435 e. The molecule has 4 aliphatic heterocycles. The van der Waals surface area contributed by atoms with Gasteiger partial charge in [0.05, 0.1) is 16.7 Å². The number of carbonyl (C=O) groups excluding carboxylic acids is 3. The number of hydrogen-bond donors (Lipinski definition) is 13. The predicted molar refractivity (Wildman–Crippen MR) is 133 cm³/mol. The number of fused-ring (bicyclic) bond motifs is 2. The SMILES string of the molecule is O=C1CCC(N2C(=O)c3cccc(OC(O)(O)c4ccc(C5(O)OOC6(O)N5C(O)(O)C(O)(O)OC6(O)O)cc4F)c3C2(O)O)C(=O)N1. The first-order chi connectivity index (χ1) is 21.9. The van der Waals surface area contributed by atoms with Crippen LogP contribution in [0.25, 0.3) is 0 Å². The Labute approximate surface area is 263 Å². The van der Waals surface area contributed by atoms with Crippen LogP contribution in [0.1, 0.15) is 39.9 Å². The van der Waals surface area contributed by atoms with E-state index in [0.29, 0.717) is 17.0 Å². The van der Waals surface area contributed by atoms with Gasteiger partial charge in [-0.05, 0) is 30.7 Å². The van der Waals surface area contributed by atoms with Crippen LogP contribution in [0, 0.1) is 5.82 Å². The number of imide groups is 1. The maximum atomic E-state index is 15.5. The number of rotatable bonds is 5. The van der Waals surface area contributed by atoms with Crippen molar-refractivity contribution < 1.29 is 99.3 Å². The van der Waals surface area contributed by atoms with E-state index in [-0.39, 0.29) is 18.9 Å². The van der Waals surface area contributed by atoms with Crippen molar-refractivity contribution in [3.05, 3.63) is 64.5 Å². The number of piperidine rings is 1. The summed E-state index contributed by atoms with van der Waals surface area (Å²) in [4.78, 5) is 45.2. The third-order valence-electron chi connectivity index (χ3n) is 7.95. The first kappa shape index (κ1) is 34.0. The summed E-state index contributed by atoms with van der Waals surface area (Å²) in [5.41, 5.74) is -3.67. The molecule has 48 heavy (non-hydrogen) atoms. The minimum atomic E-state index is -4.45. The molecule has 0 spiro atoms. The van der Waals surface area contributed by atoms with E-state index in [1.807, 2.05) is 5.32 Å². The topological polar surface area (TPSA) is 349 Å². The Bertz CT molecular complexity index is 1750. The molecule has 0 saturated carbocycles. The van der Waals surface area contributed by atoms with Gasteiger partial charge in [0.1, 0.15) is 17.6 Å². The van der Waals surface area contributed by atoms with E-state index in [4.69, 9.17) is 4.74 Å². The fourth-order valence-electron chi connectivity index (χ4n) is 5.68. The number of nitrogens with one attached hydrogen (secondary N) is 1. The smallest absolute Gasteiger partial charge is 0.359 e. The zero-order valence-electron chi connectivity index (χ0n) is 23.5. The number of halogens is 1. The van der Waals surface area contributed by atoms with Crippen molar-refractivity contribution in [2.24, 2.45) is 0 Å². The fourth-order valence-corrected chi connectivity index (χ4v) is 5.68. The molecule has 260 valence electrons. The Balaban J connectivity index is 1.34. The minimum Gasteiger partial charge on any atom is -0.435 e. The van der Waals surface area contributed by atoms with E-state index in [2.05, 4.69) is 14.5 Å². The lowest BCUT2D eigenvalue weighted by molar-refractivity contribution is -0.660. The number of amides is 3. The molecule has 4 aliphatic rings. The van der Waals surface area contributed by atoms with Crippen molar-refractivity contribution in [1.82, 2.24) is 15.1 Å². The summed E-state index contributed by atoms with van der Waals surface area (Å²) in [6, 6.07) is 2.54. The van der Waals surface area contributed by atoms with Crippen LogP contribution >= 0.6 is 0 Å². The molecular weight excluding hydrogens is 665 g/mol. The highest BCUT2D eigenvalue weighted by atomic mass is 19.1. The van der Waals surface area contributed by atoms with Gasteiger partial charge in [-0.15, -0.1) is 4.90 Å². The standard InChI is InChI=1S/C25H24FN3O19/c26-12-8-9(20(35)29-22(38,39)24(41,42)46-25(43,44)23(29,40)48-47-20)4-5-11(12)21(36,37)45-14-3-1-2-10-16(14)19(33,34)28(18(10)32)13-6-7-15(30)27-17(13)31/h1-5,8,13,33-44H,6-7H2,(H,27,30,31). The quantitative estimate of drug-likeness (QED) is 0.0788. The van der Waals surface area contributed by atoms with E-state index < -0.39 is 104 Å². The molecule has 3 amide bonds. The van der Waals surface area contributed by atoms with Crippen molar-refractivity contribution in [3.8, 4) is 5.75 Å². The van der Waals surface area contributed by atoms with E-state index in [0.717, 1.165) is 18.2 Å². The van der Waals surface area contributed by atoms with Crippen molar-refractivity contribution in [2.75, 3.05) is 0 Å². The Morgan fingerprint density at radius 1 is 0.917 bits per heavy atom. The average Bonchev–Trinajstić information content (AvgIpc) is 3.36. The third-order valence-corrected chi connectivity index (χ3v) is 7.95. The number of morpholine rings is 1. The molecule has 3 saturated heterocycles. The maximum absolute atomic E-state index is 15.5. The maximum Gasteiger partial charge on any atom is 0.359 e. The molecule has 3 atom stereocenters. The summed E-state index contributed by atoms with van der Waals surface area (Å²) in [5.74, 6) is -33.7. The summed E-state index contributed by atoms with van der Waals surface area (Å²) < 4.78 is 24.4. The Morgan fingerprint density at radius 2 is 1.58 bits per heavy atom. The highest BCUT2D eigenvalue weighted by Gasteiger charge is 2.84. The van der Waals surface area contributed by atoms with Crippen LogP contribution in [0.5, 0.6) is 5.75 Å². The number of benzene rings is 2.